The molecule has 0 amide bonds. The molecule has 0 aliphatic carbocycles. The minimum atomic E-state index is 0. The summed E-state index contributed by atoms with van der Waals surface area (Å²) in [6.07, 6.45) is 2.77. The van der Waals surface area contributed by atoms with Gasteiger partial charge in [-0.3, -0.25) is 4.79 Å². The fourth-order valence-electron chi connectivity index (χ4n) is 2.81. The van der Waals surface area contributed by atoms with Gasteiger partial charge in [-0.05, 0) is 58.3 Å². The molecule has 0 fully saturated rings. The molecule has 0 radical (unpaired) electrons. The number of fused-ring (bicyclic) bond motifs is 1. The standard InChI is InChI=1S/C23H17NO2S.C2H6.H3N/c25-14-20(13-17-11-12-27-16-17)18-6-9-22(10-7-18)26-15-21-8-5-19-3-1-2-4-23(19)24-21;1-2;/h1-14,16H,15H2;1-2H3;1H3/b20-13-;;. The largest absolute Gasteiger partial charge is 0.487 e. The van der Waals surface area contributed by atoms with Gasteiger partial charge >= 0.3 is 0 Å². The van der Waals surface area contributed by atoms with Crippen LogP contribution in [0.3, 0.4) is 0 Å². The van der Waals surface area contributed by atoms with E-state index in [4.69, 9.17) is 4.74 Å². The zero-order chi connectivity index (χ0) is 20.5. The number of rotatable bonds is 6. The number of aromatic nitrogens is 1. The normalized spacial score (nSPS) is 10.5. The van der Waals surface area contributed by atoms with Crippen molar-refractivity contribution in [3.8, 4) is 5.75 Å². The molecule has 0 aliphatic heterocycles. The lowest BCUT2D eigenvalue weighted by Crippen LogP contribution is -1.98. The summed E-state index contributed by atoms with van der Waals surface area (Å²) < 4.78 is 5.85. The van der Waals surface area contributed by atoms with Crippen LogP contribution in [0.15, 0.2) is 77.5 Å². The van der Waals surface area contributed by atoms with Crippen LogP contribution in [0.1, 0.15) is 30.7 Å². The zero-order valence-corrected chi connectivity index (χ0v) is 18.1. The van der Waals surface area contributed by atoms with Crippen molar-refractivity contribution in [2.75, 3.05) is 0 Å². The molecular weight excluding hydrogens is 392 g/mol. The van der Waals surface area contributed by atoms with E-state index in [1.165, 1.54) is 0 Å². The highest BCUT2D eigenvalue weighted by Crippen LogP contribution is 2.21. The average molecular weight is 419 g/mol. The zero-order valence-electron chi connectivity index (χ0n) is 17.2. The Hall–Kier alpha value is -3.28. The fraction of sp³-hybridized carbons (Fsp3) is 0.120. The first-order valence-corrected chi connectivity index (χ1v) is 10.5. The first-order chi connectivity index (χ1) is 14.3. The Balaban J connectivity index is 0.00000104. The lowest BCUT2D eigenvalue weighted by atomic mass is 10.1. The van der Waals surface area contributed by atoms with Crippen LogP contribution in [-0.4, -0.2) is 11.3 Å². The lowest BCUT2D eigenvalue weighted by molar-refractivity contribution is -0.103. The van der Waals surface area contributed by atoms with Crippen molar-refractivity contribution < 1.29 is 9.53 Å². The van der Waals surface area contributed by atoms with Crippen molar-refractivity contribution >= 4 is 40.2 Å². The Bertz CT molecular complexity index is 1090. The van der Waals surface area contributed by atoms with Gasteiger partial charge in [0.25, 0.3) is 0 Å². The van der Waals surface area contributed by atoms with Crippen LogP contribution in [0, 0.1) is 0 Å². The summed E-state index contributed by atoms with van der Waals surface area (Å²) in [7, 11) is 0. The molecule has 2 aromatic carbocycles. The summed E-state index contributed by atoms with van der Waals surface area (Å²) in [6.45, 7) is 4.40. The number of nitrogens with zero attached hydrogens (tertiary/aromatic N) is 1. The number of pyridine rings is 1. The number of thiophene rings is 1. The quantitative estimate of drug-likeness (QED) is 0.276. The highest BCUT2D eigenvalue weighted by Gasteiger charge is 2.04. The van der Waals surface area contributed by atoms with Crippen LogP contribution in [0.2, 0.25) is 0 Å². The summed E-state index contributed by atoms with van der Waals surface area (Å²) in [5.74, 6) is 0.745. The van der Waals surface area contributed by atoms with Gasteiger partial charge in [0.15, 0.2) is 6.29 Å². The Morgan fingerprint density at radius 3 is 2.47 bits per heavy atom. The summed E-state index contributed by atoms with van der Waals surface area (Å²) in [5.41, 5.74) is 4.39. The van der Waals surface area contributed by atoms with Gasteiger partial charge in [-0.2, -0.15) is 11.3 Å². The summed E-state index contributed by atoms with van der Waals surface area (Å²) in [6, 6.07) is 21.6. The van der Waals surface area contributed by atoms with Crippen LogP contribution in [0.5, 0.6) is 5.75 Å². The minimum Gasteiger partial charge on any atom is -0.487 e. The van der Waals surface area contributed by atoms with Crippen LogP contribution in [0.25, 0.3) is 22.6 Å². The van der Waals surface area contributed by atoms with Gasteiger partial charge in [-0.15, -0.1) is 0 Å². The van der Waals surface area contributed by atoms with Gasteiger partial charge in [-0.1, -0.05) is 50.2 Å². The third kappa shape index (κ3) is 5.86. The molecule has 4 nitrogen and oxygen atoms in total. The maximum atomic E-state index is 11.4. The van der Waals surface area contributed by atoms with E-state index >= 15 is 0 Å². The van der Waals surface area contributed by atoms with Crippen LogP contribution in [-0.2, 0) is 11.4 Å². The molecule has 5 heteroatoms. The fourth-order valence-corrected chi connectivity index (χ4v) is 3.43. The molecule has 2 aromatic heterocycles. The molecular formula is C25H26N2O2S. The molecule has 4 aromatic rings. The second-order valence-electron chi connectivity index (χ2n) is 6.08. The topological polar surface area (TPSA) is 74.2 Å². The monoisotopic (exact) mass is 418 g/mol. The van der Waals surface area contributed by atoms with Crippen molar-refractivity contribution in [2.45, 2.75) is 20.5 Å². The second-order valence-corrected chi connectivity index (χ2v) is 6.86. The van der Waals surface area contributed by atoms with Crippen molar-refractivity contribution in [1.29, 1.82) is 0 Å². The Kier molecular flexibility index (Phi) is 8.94. The summed E-state index contributed by atoms with van der Waals surface area (Å²) in [4.78, 5) is 16.0. The van der Waals surface area contributed by atoms with Crippen LogP contribution in [0.4, 0.5) is 0 Å². The minimum absolute atomic E-state index is 0. The lowest BCUT2D eigenvalue weighted by Gasteiger charge is -2.08. The van der Waals surface area contributed by atoms with E-state index in [1.54, 1.807) is 11.3 Å². The van der Waals surface area contributed by atoms with Gasteiger partial charge in [0.05, 0.1) is 11.2 Å². The summed E-state index contributed by atoms with van der Waals surface area (Å²) >= 11 is 1.61. The number of benzene rings is 2. The average Bonchev–Trinajstić information content (AvgIpc) is 3.31. The Labute approximate surface area is 181 Å². The van der Waals surface area contributed by atoms with E-state index in [9.17, 15) is 4.79 Å². The van der Waals surface area contributed by atoms with E-state index in [1.807, 2.05) is 91.3 Å². The maximum absolute atomic E-state index is 11.4. The molecule has 4 rings (SSSR count). The first-order valence-electron chi connectivity index (χ1n) is 9.59. The Morgan fingerprint density at radius 1 is 1.00 bits per heavy atom. The van der Waals surface area contributed by atoms with Crippen LogP contribution < -0.4 is 10.9 Å². The van der Waals surface area contributed by atoms with E-state index in [0.717, 1.165) is 39.8 Å². The van der Waals surface area contributed by atoms with E-state index in [2.05, 4.69) is 11.1 Å². The number of hydrogen-bond acceptors (Lipinski definition) is 5. The van der Waals surface area contributed by atoms with Gasteiger partial charge < -0.3 is 10.9 Å². The third-order valence-electron chi connectivity index (χ3n) is 4.22. The van der Waals surface area contributed by atoms with Crippen molar-refractivity contribution in [2.24, 2.45) is 0 Å². The highest BCUT2D eigenvalue weighted by molar-refractivity contribution is 7.08. The van der Waals surface area contributed by atoms with Crippen LogP contribution >= 0.6 is 11.3 Å². The highest BCUT2D eigenvalue weighted by atomic mass is 32.1. The van der Waals surface area contributed by atoms with E-state index in [-0.39, 0.29) is 6.15 Å². The number of ether oxygens (including phenoxy) is 1. The molecule has 0 saturated heterocycles. The van der Waals surface area contributed by atoms with Crippen molar-refractivity contribution in [3.63, 3.8) is 0 Å². The predicted octanol–water partition coefficient (Wildman–Crippen LogP) is 6.80. The number of para-hydroxylation sites is 1. The van der Waals surface area contributed by atoms with E-state index in [0.29, 0.717) is 12.2 Å². The molecule has 3 N–H and O–H groups in total. The van der Waals surface area contributed by atoms with Gasteiger partial charge in [-0.25, -0.2) is 4.98 Å². The number of carbonyl (C=O) groups is 1. The number of hydrogen-bond donors (Lipinski definition) is 1. The molecule has 0 atom stereocenters. The van der Waals surface area contributed by atoms with Gasteiger partial charge in [0.2, 0.25) is 0 Å². The molecule has 0 saturated carbocycles. The summed E-state index contributed by atoms with van der Waals surface area (Å²) in [5, 5.41) is 5.12. The molecule has 2 heterocycles. The molecule has 0 bridgehead atoms. The number of aldehydes is 1. The number of allylic oxidation sites excluding steroid dienone is 1. The third-order valence-corrected chi connectivity index (χ3v) is 4.92. The molecule has 0 spiro atoms. The predicted molar refractivity (Wildman–Crippen MR) is 127 cm³/mol. The molecule has 0 unspecified atom stereocenters. The van der Waals surface area contributed by atoms with Crippen molar-refractivity contribution in [3.05, 3.63) is 94.3 Å². The second kappa shape index (κ2) is 11.7. The van der Waals surface area contributed by atoms with E-state index < -0.39 is 0 Å². The Morgan fingerprint density at radius 2 is 1.77 bits per heavy atom. The maximum Gasteiger partial charge on any atom is 0.150 e. The van der Waals surface area contributed by atoms with Gasteiger partial charge in [0, 0.05) is 11.0 Å². The van der Waals surface area contributed by atoms with Gasteiger partial charge in [0.1, 0.15) is 12.4 Å². The van der Waals surface area contributed by atoms with Crippen molar-refractivity contribution in [1.82, 2.24) is 11.1 Å². The molecule has 30 heavy (non-hydrogen) atoms. The molecule has 154 valence electrons. The SMILES string of the molecule is CC.N.O=C/C(=C/c1ccsc1)c1ccc(OCc2ccc3ccccc3n2)cc1. The number of carbonyl (C=O) groups excluding carboxylic acids is 1. The molecule has 0 aliphatic rings. The smallest absolute Gasteiger partial charge is 0.150 e. The first kappa shape index (κ1) is 23.0.